The fraction of sp³-hybridized carbons (Fsp3) is 0.200. The smallest absolute Gasteiger partial charge is 0.265 e. The predicted octanol–water partition coefficient (Wildman–Crippen LogP) is 3.89. The maximum atomic E-state index is 12.4. The predicted molar refractivity (Wildman–Crippen MR) is 94.3 cm³/mol. The average Bonchev–Trinajstić information content (AvgIpc) is 3.01. The molecule has 0 radical (unpaired) electrons. The van der Waals surface area contributed by atoms with Crippen molar-refractivity contribution >= 4 is 56.1 Å². The molecule has 0 saturated carbocycles. The van der Waals surface area contributed by atoms with Crippen LogP contribution in [0.4, 0.5) is 5.69 Å². The van der Waals surface area contributed by atoms with Crippen LogP contribution < -0.4 is 11.1 Å². The normalized spacial score (nSPS) is 13.0. The molecule has 3 N–H and O–H groups in total. The number of benzene rings is 1. The van der Waals surface area contributed by atoms with E-state index in [0.717, 1.165) is 22.2 Å². The molecule has 1 heterocycles. The minimum absolute atomic E-state index is 0.103. The van der Waals surface area contributed by atoms with E-state index in [1.54, 1.807) is 17.4 Å². The number of thiocarbonyl (C=S) groups is 1. The van der Waals surface area contributed by atoms with E-state index < -0.39 is 0 Å². The van der Waals surface area contributed by atoms with Gasteiger partial charge in [0.05, 0.1) is 10.6 Å². The third kappa shape index (κ3) is 3.02. The molecule has 0 saturated heterocycles. The van der Waals surface area contributed by atoms with Crippen LogP contribution in [0.3, 0.4) is 0 Å². The Balaban J connectivity index is 1.86. The number of hydrogen-bond donors (Lipinski definition) is 2. The number of fused-ring (bicyclic) bond motifs is 1. The van der Waals surface area contributed by atoms with Gasteiger partial charge in [0.25, 0.3) is 5.91 Å². The summed E-state index contributed by atoms with van der Waals surface area (Å²) in [6.07, 6.45) is 3.36. The molecule has 6 heteroatoms. The summed E-state index contributed by atoms with van der Waals surface area (Å²) in [5.74, 6) is -0.103. The zero-order valence-corrected chi connectivity index (χ0v) is 14.3. The van der Waals surface area contributed by atoms with E-state index in [1.807, 2.05) is 18.2 Å². The molecule has 1 aliphatic carbocycles. The second kappa shape index (κ2) is 5.87. The Bertz CT molecular complexity index is 718. The molecule has 0 atom stereocenters. The summed E-state index contributed by atoms with van der Waals surface area (Å²) in [6, 6.07) is 7.47. The lowest BCUT2D eigenvalue weighted by molar-refractivity contribution is 0.103. The summed E-state index contributed by atoms with van der Waals surface area (Å²) in [6.45, 7) is 0. The maximum Gasteiger partial charge on any atom is 0.265 e. The van der Waals surface area contributed by atoms with Crippen molar-refractivity contribution < 1.29 is 4.79 Å². The lowest BCUT2D eigenvalue weighted by Gasteiger charge is -2.10. The fourth-order valence-electron chi connectivity index (χ4n) is 2.45. The molecule has 0 unspecified atom stereocenters. The molecule has 0 aliphatic heterocycles. The van der Waals surface area contributed by atoms with Crippen molar-refractivity contribution in [1.29, 1.82) is 0 Å². The van der Waals surface area contributed by atoms with Crippen LogP contribution in [0.1, 0.15) is 32.1 Å². The second-order valence-electron chi connectivity index (χ2n) is 4.92. The van der Waals surface area contributed by atoms with Crippen molar-refractivity contribution in [3.63, 3.8) is 0 Å². The summed E-state index contributed by atoms with van der Waals surface area (Å²) >= 11 is 10.0. The lowest BCUT2D eigenvalue weighted by Crippen LogP contribution is -2.17. The number of carbonyl (C=O) groups is 1. The Morgan fingerprint density at radius 3 is 2.86 bits per heavy atom. The molecule has 0 spiro atoms. The summed E-state index contributed by atoms with van der Waals surface area (Å²) in [5.41, 5.74) is 8.34. The SMILES string of the molecule is NC(=S)c1cc(Br)ccc1NC(=O)c1cc2c(s1)CCC2. The molecule has 3 rings (SSSR count). The van der Waals surface area contributed by atoms with Crippen molar-refractivity contribution in [2.75, 3.05) is 5.32 Å². The van der Waals surface area contributed by atoms with Gasteiger partial charge < -0.3 is 11.1 Å². The fourth-order valence-corrected chi connectivity index (χ4v) is 4.13. The highest BCUT2D eigenvalue weighted by Crippen LogP contribution is 2.31. The highest BCUT2D eigenvalue weighted by molar-refractivity contribution is 9.10. The second-order valence-corrected chi connectivity index (χ2v) is 7.41. The number of aryl methyl sites for hydroxylation is 2. The van der Waals surface area contributed by atoms with Crippen molar-refractivity contribution in [2.24, 2.45) is 5.73 Å². The lowest BCUT2D eigenvalue weighted by atomic mass is 10.1. The van der Waals surface area contributed by atoms with Gasteiger partial charge in [-0.05, 0) is 49.1 Å². The molecular weight excluding hydrogens is 368 g/mol. The van der Waals surface area contributed by atoms with E-state index in [0.29, 0.717) is 11.3 Å². The number of nitrogens with two attached hydrogens (primary N) is 1. The monoisotopic (exact) mass is 380 g/mol. The third-order valence-corrected chi connectivity index (χ3v) is 5.41. The molecule has 1 amide bonds. The largest absolute Gasteiger partial charge is 0.389 e. The van der Waals surface area contributed by atoms with E-state index in [4.69, 9.17) is 18.0 Å². The van der Waals surface area contributed by atoms with Crippen LogP contribution in [0.5, 0.6) is 0 Å². The Kier molecular flexibility index (Phi) is 4.10. The number of hydrogen-bond acceptors (Lipinski definition) is 3. The number of rotatable bonds is 3. The number of carbonyl (C=O) groups excluding carboxylic acids is 1. The standard InChI is InChI=1S/C15H13BrN2OS2/c16-9-4-5-11(10(7-9)14(17)20)18-15(19)13-6-8-2-1-3-12(8)21-13/h4-7H,1-3H2,(H2,17,20)(H,18,19). The van der Waals surface area contributed by atoms with E-state index in [-0.39, 0.29) is 10.9 Å². The van der Waals surface area contributed by atoms with Gasteiger partial charge in [0, 0.05) is 14.9 Å². The number of amides is 1. The van der Waals surface area contributed by atoms with Crippen LogP contribution in [0.2, 0.25) is 0 Å². The number of nitrogens with one attached hydrogen (secondary N) is 1. The van der Waals surface area contributed by atoms with Gasteiger partial charge in [-0.1, -0.05) is 28.1 Å². The maximum absolute atomic E-state index is 12.4. The van der Waals surface area contributed by atoms with E-state index in [9.17, 15) is 4.79 Å². The molecule has 1 aromatic carbocycles. The van der Waals surface area contributed by atoms with Gasteiger partial charge in [0.1, 0.15) is 4.99 Å². The zero-order chi connectivity index (χ0) is 15.0. The molecular formula is C15H13BrN2OS2. The molecule has 1 aromatic heterocycles. The van der Waals surface area contributed by atoms with Crippen molar-refractivity contribution in [3.05, 3.63) is 49.6 Å². The van der Waals surface area contributed by atoms with Crippen LogP contribution in [0.15, 0.2) is 28.7 Å². The van der Waals surface area contributed by atoms with Gasteiger partial charge in [-0.25, -0.2) is 0 Å². The van der Waals surface area contributed by atoms with Crippen LogP contribution >= 0.6 is 39.5 Å². The Morgan fingerprint density at radius 1 is 1.33 bits per heavy atom. The summed E-state index contributed by atoms with van der Waals surface area (Å²) in [7, 11) is 0. The zero-order valence-electron chi connectivity index (χ0n) is 11.1. The van der Waals surface area contributed by atoms with Crippen molar-refractivity contribution in [3.8, 4) is 0 Å². The first-order chi connectivity index (χ1) is 10.0. The average molecular weight is 381 g/mol. The van der Waals surface area contributed by atoms with Crippen molar-refractivity contribution in [2.45, 2.75) is 19.3 Å². The van der Waals surface area contributed by atoms with Gasteiger partial charge in [-0.3, -0.25) is 4.79 Å². The van der Waals surface area contributed by atoms with Crippen LogP contribution in [0.25, 0.3) is 0 Å². The molecule has 0 bridgehead atoms. The van der Waals surface area contributed by atoms with Gasteiger partial charge >= 0.3 is 0 Å². The third-order valence-electron chi connectivity index (χ3n) is 3.47. The van der Waals surface area contributed by atoms with Crippen molar-refractivity contribution in [1.82, 2.24) is 0 Å². The minimum Gasteiger partial charge on any atom is -0.389 e. The first-order valence-corrected chi connectivity index (χ1v) is 8.58. The molecule has 2 aromatic rings. The molecule has 21 heavy (non-hydrogen) atoms. The summed E-state index contributed by atoms with van der Waals surface area (Å²) < 4.78 is 0.874. The number of thiophene rings is 1. The number of halogens is 1. The van der Waals surface area contributed by atoms with Crippen LogP contribution in [-0.4, -0.2) is 10.9 Å². The van der Waals surface area contributed by atoms with E-state index >= 15 is 0 Å². The molecule has 1 aliphatic rings. The van der Waals surface area contributed by atoms with E-state index in [2.05, 4.69) is 21.2 Å². The molecule has 108 valence electrons. The van der Waals surface area contributed by atoms with Gasteiger partial charge in [-0.15, -0.1) is 11.3 Å². The molecule has 3 nitrogen and oxygen atoms in total. The first-order valence-electron chi connectivity index (χ1n) is 6.57. The minimum atomic E-state index is -0.103. The highest BCUT2D eigenvalue weighted by atomic mass is 79.9. The summed E-state index contributed by atoms with van der Waals surface area (Å²) in [5, 5.41) is 2.91. The van der Waals surface area contributed by atoms with Gasteiger partial charge in [-0.2, -0.15) is 0 Å². The Hall–Kier alpha value is -1.24. The van der Waals surface area contributed by atoms with Crippen LogP contribution in [-0.2, 0) is 12.8 Å². The Labute approximate surface area is 140 Å². The first kappa shape index (κ1) is 14.7. The summed E-state index contributed by atoms with van der Waals surface area (Å²) in [4.78, 5) is 14.7. The quantitative estimate of drug-likeness (QED) is 0.794. The van der Waals surface area contributed by atoms with Gasteiger partial charge in [0.15, 0.2) is 0 Å². The highest BCUT2D eigenvalue weighted by Gasteiger charge is 2.19. The Morgan fingerprint density at radius 2 is 2.14 bits per heavy atom. The molecule has 0 fully saturated rings. The van der Waals surface area contributed by atoms with E-state index in [1.165, 1.54) is 16.9 Å². The number of anilines is 1. The van der Waals surface area contributed by atoms with Crippen LogP contribution in [0, 0.1) is 0 Å². The van der Waals surface area contributed by atoms with Gasteiger partial charge in [0.2, 0.25) is 0 Å². The topological polar surface area (TPSA) is 55.1 Å².